The number of carbonyl (C=O) groups is 2. The first-order valence-electron chi connectivity index (χ1n) is 9.40. The van der Waals surface area contributed by atoms with E-state index in [4.69, 9.17) is 0 Å². The van der Waals surface area contributed by atoms with E-state index in [0.717, 1.165) is 15.3 Å². The van der Waals surface area contributed by atoms with E-state index in [-0.39, 0.29) is 42.3 Å². The Morgan fingerprint density at radius 3 is 2.29 bits per heavy atom. The van der Waals surface area contributed by atoms with Gasteiger partial charge in [-0.15, -0.1) is 11.3 Å². The van der Waals surface area contributed by atoms with E-state index in [1.165, 1.54) is 23.5 Å². The summed E-state index contributed by atoms with van der Waals surface area (Å²) in [7, 11) is 0. The van der Waals surface area contributed by atoms with Crippen LogP contribution in [0.3, 0.4) is 0 Å². The third-order valence-electron chi connectivity index (χ3n) is 4.17. The van der Waals surface area contributed by atoms with E-state index in [9.17, 15) is 14.0 Å². The normalized spacial score (nSPS) is 13.6. The SMILES string of the molecule is CC[NH+](CC(=O)N[C@H](c1ccc(F)cc1)c1cccs1)CC(=O)NC(C)(C)C. The maximum absolute atomic E-state index is 13.3. The Hall–Kier alpha value is -2.25. The second kappa shape index (κ2) is 9.80. The van der Waals surface area contributed by atoms with E-state index < -0.39 is 0 Å². The molecule has 0 saturated carbocycles. The zero-order chi connectivity index (χ0) is 20.7. The van der Waals surface area contributed by atoms with Gasteiger partial charge in [0.2, 0.25) is 0 Å². The molecule has 0 fully saturated rings. The van der Waals surface area contributed by atoms with Crippen LogP contribution in [0.2, 0.25) is 0 Å². The third kappa shape index (κ3) is 7.05. The van der Waals surface area contributed by atoms with Crippen molar-refractivity contribution < 1.29 is 18.9 Å². The highest BCUT2D eigenvalue weighted by molar-refractivity contribution is 7.10. The summed E-state index contributed by atoms with van der Waals surface area (Å²) in [5.41, 5.74) is 0.520. The van der Waals surface area contributed by atoms with Gasteiger partial charge in [-0.3, -0.25) is 9.59 Å². The summed E-state index contributed by atoms with van der Waals surface area (Å²) in [6, 6.07) is 9.67. The van der Waals surface area contributed by atoms with Crippen molar-refractivity contribution in [2.75, 3.05) is 19.6 Å². The Morgan fingerprint density at radius 2 is 1.75 bits per heavy atom. The Morgan fingerprint density at radius 1 is 1.11 bits per heavy atom. The standard InChI is InChI=1S/C21H28FN3O2S/c1-5-25(14-19(27)24-21(2,3)4)13-18(26)23-20(17-7-6-12-28-17)15-8-10-16(22)11-9-15/h6-12,20H,5,13-14H2,1-4H3,(H,23,26)(H,24,27)/p+1/t20-/m1/s1. The van der Waals surface area contributed by atoms with Gasteiger partial charge in [0, 0.05) is 10.4 Å². The van der Waals surface area contributed by atoms with E-state index in [1.807, 2.05) is 45.2 Å². The molecule has 1 aromatic heterocycles. The van der Waals surface area contributed by atoms with E-state index in [1.54, 1.807) is 12.1 Å². The van der Waals surface area contributed by atoms with E-state index >= 15 is 0 Å². The maximum atomic E-state index is 13.3. The predicted octanol–water partition coefficient (Wildman–Crippen LogP) is 1.91. The van der Waals surface area contributed by atoms with Crippen LogP contribution in [0, 0.1) is 5.82 Å². The van der Waals surface area contributed by atoms with Crippen LogP contribution in [0.15, 0.2) is 41.8 Å². The van der Waals surface area contributed by atoms with E-state index in [2.05, 4.69) is 10.6 Å². The Balaban J connectivity index is 2.04. The average Bonchev–Trinajstić information content (AvgIpc) is 3.12. The highest BCUT2D eigenvalue weighted by atomic mass is 32.1. The van der Waals surface area contributed by atoms with Gasteiger partial charge in [-0.1, -0.05) is 18.2 Å². The summed E-state index contributed by atoms with van der Waals surface area (Å²) in [4.78, 5) is 26.7. The molecule has 2 rings (SSSR count). The summed E-state index contributed by atoms with van der Waals surface area (Å²) < 4.78 is 13.3. The van der Waals surface area contributed by atoms with Crippen molar-refractivity contribution >= 4 is 23.2 Å². The molecular weight excluding hydrogens is 377 g/mol. The van der Waals surface area contributed by atoms with Crippen molar-refractivity contribution in [1.29, 1.82) is 0 Å². The van der Waals surface area contributed by atoms with Gasteiger partial charge in [-0.05, 0) is 56.8 Å². The van der Waals surface area contributed by atoms with Gasteiger partial charge < -0.3 is 15.5 Å². The van der Waals surface area contributed by atoms with Crippen molar-refractivity contribution in [3.8, 4) is 0 Å². The number of hydrogen-bond donors (Lipinski definition) is 3. The molecule has 1 aromatic carbocycles. The molecule has 0 aliphatic heterocycles. The molecule has 5 nitrogen and oxygen atoms in total. The molecule has 2 amide bonds. The monoisotopic (exact) mass is 406 g/mol. The third-order valence-corrected chi connectivity index (χ3v) is 5.11. The molecule has 7 heteroatoms. The van der Waals surface area contributed by atoms with Gasteiger partial charge in [0.15, 0.2) is 13.1 Å². The molecular formula is C21H29FN3O2S+. The molecule has 1 unspecified atom stereocenters. The summed E-state index contributed by atoms with van der Waals surface area (Å²) in [6.07, 6.45) is 0. The second-order valence-electron chi connectivity index (χ2n) is 7.82. The van der Waals surface area contributed by atoms with Crippen LogP contribution >= 0.6 is 11.3 Å². The number of thiophene rings is 1. The molecule has 2 aromatic rings. The van der Waals surface area contributed by atoms with Gasteiger partial charge in [0.25, 0.3) is 11.8 Å². The van der Waals surface area contributed by atoms with Crippen LogP contribution in [0.4, 0.5) is 4.39 Å². The first kappa shape index (κ1) is 22.0. The van der Waals surface area contributed by atoms with Crippen molar-refractivity contribution in [3.05, 3.63) is 58.0 Å². The van der Waals surface area contributed by atoms with Crippen molar-refractivity contribution in [1.82, 2.24) is 10.6 Å². The van der Waals surface area contributed by atoms with Crippen LogP contribution in [0.25, 0.3) is 0 Å². The quantitative estimate of drug-likeness (QED) is 0.627. The smallest absolute Gasteiger partial charge is 0.275 e. The molecule has 0 aliphatic carbocycles. The molecule has 2 atom stereocenters. The largest absolute Gasteiger partial charge is 0.347 e. The van der Waals surface area contributed by atoms with Crippen molar-refractivity contribution in [2.24, 2.45) is 0 Å². The molecule has 0 saturated heterocycles. The van der Waals surface area contributed by atoms with Gasteiger partial charge in [-0.25, -0.2) is 4.39 Å². The maximum Gasteiger partial charge on any atom is 0.275 e. The van der Waals surface area contributed by atoms with Gasteiger partial charge >= 0.3 is 0 Å². The summed E-state index contributed by atoms with van der Waals surface area (Å²) >= 11 is 1.53. The Bertz CT molecular complexity index is 770. The Kier molecular flexibility index (Phi) is 7.71. The van der Waals surface area contributed by atoms with Crippen LogP contribution in [-0.2, 0) is 9.59 Å². The lowest BCUT2D eigenvalue weighted by Gasteiger charge is -2.24. The first-order chi connectivity index (χ1) is 13.2. The summed E-state index contributed by atoms with van der Waals surface area (Å²) in [6.45, 7) is 8.82. The fourth-order valence-corrected chi connectivity index (χ4v) is 3.67. The lowest BCUT2D eigenvalue weighted by atomic mass is 10.1. The lowest BCUT2D eigenvalue weighted by molar-refractivity contribution is -0.881. The van der Waals surface area contributed by atoms with Gasteiger partial charge in [0.1, 0.15) is 5.82 Å². The highest BCUT2D eigenvalue weighted by Crippen LogP contribution is 2.26. The van der Waals surface area contributed by atoms with Crippen LogP contribution in [0.1, 0.15) is 44.2 Å². The van der Waals surface area contributed by atoms with Crippen LogP contribution in [0.5, 0.6) is 0 Å². The molecule has 1 heterocycles. The topological polar surface area (TPSA) is 62.6 Å². The van der Waals surface area contributed by atoms with E-state index in [0.29, 0.717) is 6.54 Å². The molecule has 0 radical (unpaired) electrons. The molecule has 0 spiro atoms. The number of hydrogen-bond acceptors (Lipinski definition) is 3. The fourth-order valence-electron chi connectivity index (χ4n) is 2.87. The molecule has 28 heavy (non-hydrogen) atoms. The zero-order valence-electron chi connectivity index (χ0n) is 16.8. The zero-order valence-corrected chi connectivity index (χ0v) is 17.7. The van der Waals surface area contributed by atoms with Crippen LogP contribution in [-0.4, -0.2) is 37.0 Å². The number of rotatable bonds is 8. The predicted molar refractivity (Wildman–Crippen MR) is 110 cm³/mol. The Labute approximate surface area is 169 Å². The van der Waals surface area contributed by atoms with Crippen molar-refractivity contribution in [2.45, 2.75) is 39.3 Å². The average molecular weight is 407 g/mol. The van der Waals surface area contributed by atoms with Gasteiger partial charge in [0.05, 0.1) is 12.6 Å². The number of likely N-dealkylation sites (N-methyl/N-ethyl adjacent to an activating group) is 1. The number of nitrogens with one attached hydrogen (secondary N) is 3. The number of benzene rings is 1. The fraction of sp³-hybridized carbons (Fsp3) is 0.429. The molecule has 0 bridgehead atoms. The number of halogens is 1. The minimum atomic E-state index is -0.338. The first-order valence-corrected chi connectivity index (χ1v) is 10.3. The molecule has 0 aliphatic rings. The second-order valence-corrected chi connectivity index (χ2v) is 8.80. The van der Waals surface area contributed by atoms with Crippen LogP contribution < -0.4 is 15.5 Å². The van der Waals surface area contributed by atoms with Crippen molar-refractivity contribution in [3.63, 3.8) is 0 Å². The molecule has 152 valence electrons. The number of quaternary nitrogens is 1. The van der Waals surface area contributed by atoms with Gasteiger partial charge in [-0.2, -0.15) is 0 Å². The summed E-state index contributed by atoms with van der Waals surface area (Å²) in [5.74, 6) is -0.542. The highest BCUT2D eigenvalue weighted by Gasteiger charge is 2.23. The number of carbonyl (C=O) groups excluding carboxylic acids is 2. The molecule has 3 N–H and O–H groups in total. The minimum Gasteiger partial charge on any atom is -0.347 e. The minimum absolute atomic E-state index is 0.0782. The summed E-state index contributed by atoms with van der Waals surface area (Å²) in [5, 5.41) is 7.91. The number of amides is 2. The lowest BCUT2D eigenvalue weighted by Crippen LogP contribution is -3.14.